The van der Waals surface area contributed by atoms with Crippen LogP contribution in [0.15, 0.2) is 18.2 Å². The van der Waals surface area contributed by atoms with Gasteiger partial charge in [0, 0.05) is 5.02 Å². The van der Waals surface area contributed by atoms with Crippen molar-refractivity contribution < 1.29 is 9.13 Å². The Balaban J connectivity index is 0.00000112. The topological polar surface area (TPSA) is 35.2 Å². The lowest BCUT2D eigenvalue weighted by atomic mass is 10.3. The number of nitrogens with two attached hydrogens (primary N) is 1. The average molecular weight is 252 g/mol. The van der Waals surface area contributed by atoms with Crippen molar-refractivity contribution in [1.82, 2.24) is 0 Å². The lowest BCUT2D eigenvalue weighted by Crippen LogP contribution is -2.29. The number of halogens is 3. The summed E-state index contributed by atoms with van der Waals surface area (Å²) in [5.74, 6) is -0.229. The first-order chi connectivity index (χ1) is 6.59. The molecule has 2 nitrogen and oxygen atoms in total. The van der Waals surface area contributed by atoms with Gasteiger partial charge in [0.2, 0.25) is 0 Å². The molecule has 0 aromatic heterocycles. The highest BCUT2D eigenvalue weighted by Gasteiger charge is 2.39. The fourth-order valence-corrected chi connectivity index (χ4v) is 1.28. The summed E-state index contributed by atoms with van der Waals surface area (Å²) in [6.45, 7) is 0.367. The van der Waals surface area contributed by atoms with Crippen LogP contribution in [0, 0.1) is 5.82 Å². The molecular formula is C10H12Cl2FNO. The number of ether oxygens (including phenoxy) is 1. The zero-order valence-electron chi connectivity index (χ0n) is 8.00. The molecule has 84 valence electrons. The third kappa shape index (κ3) is 3.23. The van der Waals surface area contributed by atoms with E-state index >= 15 is 0 Å². The number of benzene rings is 1. The fourth-order valence-electron chi connectivity index (χ4n) is 1.12. The first-order valence-corrected chi connectivity index (χ1v) is 4.84. The van der Waals surface area contributed by atoms with E-state index in [0.29, 0.717) is 11.6 Å². The zero-order chi connectivity index (χ0) is 10.2. The van der Waals surface area contributed by atoms with Crippen LogP contribution in [0.5, 0.6) is 5.75 Å². The summed E-state index contributed by atoms with van der Waals surface area (Å²) in [6.07, 6.45) is 1.89. The van der Waals surface area contributed by atoms with Gasteiger partial charge in [-0.05, 0) is 31.0 Å². The summed E-state index contributed by atoms with van der Waals surface area (Å²) >= 11 is 5.60. The van der Waals surface area contributed by atoms with Gasteiger partial charge in [-0.25, -0.2) is 4.39 Å². The SMILES string of the molecule is Cl.NC1(COc2ccc(Cl)cc2F)CC1. The molecule has 1 aliphatic rings. The minimum absolute atomic E-state index is 0. The summed E-state index contributed by atoms with van der Waals surface area (Å²) in [4.78, 5) is 0. The summed E-state index contributed by atoms with van der Waals surface area (Å²) in [5, 5.41) is 0.365. The third-order valence-electron chi connectivity index (χ3n) is 2.30. The molecule has 0 aliphatic heterocycles. The van der Waals surface area contributed by atoms with Gasteiger partial charge in [0.05, 0.1) is 5.54 Å². The predicted octanol–water partition coefficient (Wildman–Crippen LogP) is 2.77. The van der Waals surface area contributed by atoms with Gasteiger partial charge in [0.1, 0.15) is 6.61 Å². The van der Waals surface area contributed by atoms with E-state index in [2.05, 4.69) is 0 Å². The van der Waals surface area contributed by atoms with Gasteiger partial charge in [0.15, 0.2) is 11.6 Å². The largest absolute Gasteiger partial charge is 0.489 e. The van der Waals surface area contributed by atoms with Crippen molar-refractivity contribution in [3.05, 3.63) is 29.0 Å². The molecule has 0 radical (unpaired) electrons. The maximum absolute atomic E-state index is 13.2. The van der Waals surface area contributed by atoms with Crippen molar-refractivity contribution in [3.8, 4) is 5.75 Å². The molecule has 15 heavy (non-hydrogen) atoms. The third-order valence-corrected chi connectivity index (χ3v) is 2.54. The van der Waals surface area contributed by atoms with Gasteiger partial charge in [-0.3, -0.25) is 0 Å². The van der Waals surface area contributed by atoms with Gasteiger partial charge < -0.3 is 10.5 Å². The van der Waals surface area contributed by atoms with Gasteiger partial charge in [-0.15, -0.1) is 12.4 Å². The van der Waals surface area contributed by atoms with Crippen molar-refractivity contribution in [1.29, 1.82) is 0 Å². The molecule has 0 bridgehead atoms. The van der Waals surface area contributed by atoms with Crippen LogP contribution in [0.25, 0.3) is 0 Å². The standard InChI is InChI=1S/C10H11ClFNO.ClH/c11-7-1-2-9(8(12)5-7)14-6-10(13)3-4-10;/h1-2,5H,3-4,6,13H2;1H. The number of hydrogen-bond acceptors (Lipinski definition) is 2. The Bertz CT molecular complexity index is 355. The van der Waals surface area contributed by atoms with Crippen molar-refractivity contribution in [3.63, 3.8) is 0 Å². The second kappa shape index (κ2) is 4.56. The predicted molar refractivity (Wildman–Crippen MR) is 60.3 cm³/mol. The van der Waals surface area contributed by atoms with Crippen LogP contribution in [0.4, 0.5) is 4.39 Å². The first kappa shape index (κ1) is 12.6. The van der Waals surface area contributed by atoms with E-state index in [9.17, 15) is 4.39 Å². The molecule has 0 heterocycles. The second-order valence-electron chi connectivity index (χ2n) is 3.73. The Hall–Kier alpha value is -0.510. The molecule has 0 saturated heterocycles. The smallest absolute Gasteiger partial charge is 0.166 e. The van der Waals surface area contributed by atoms with Gasteiger partial charge in [0.25, 0.3) is 0 Å². The normalized spacial score (nSPS) is 16.7. The highest BCUT2D eigenvalue weighted by Crippen LogP contribution is 2.33. The lowest BCUT2D eigenvalue weighted by molar-refractivity contribution is 0.267. The summed E-state index contributed by atoms with van der Waals surface area (Å²) < 4.78 is 18.5. The molecule has 1 aromatic carbocycles. The first-order valence-electron chi connectivity index (χ1n) is 4.46. The van der Waals surface area contributed by atoms with Crippen molar-refractivity contribution in [2.75, 3.05) is 6.61 Å². The van der Waals surface area contributed by atoms with Crippen LogP contribution >= 0.6 is 24.0 Å². The Labute approximate surface area is 99.0 Å². The van der Waals surface area contributed by atoms with E-state index in [1.165, 1.54) is 12.1 Å². The average Bonchev–Trinajstić information content (AvgIpc) is 2.83. The van der Waals surface area contributed by atoms with Crippen LogP contribution in [0.2, 0.25) is 5.02 Å². The monoisotopic (exact) mass is 251 g/mol. The highest BCUT2D eigenvalue weighted by molar-refractivity contribution is 6.30. The quantitative estimate of drug-likeness (QED) is 0.897. The molecule has 0 unspecified atom stereocenters. The molecule has 2 N–H and O–H groups in total. The second-order valence-corrected chi connectivity index (χ2v) is 4.16. The van der Waals surface area contributed by atoms with Crippen LogP contribution in [-0.4, -0.2) is 12.1 Å². The minimum atomic E-state index is -0.443. The van der Waals surface area contributed by atoms with Crippen LogP contribution in [0.1, 0.15) is 12.8 Å². The summed E-state index contributed by atoms with van der Waals surface area (Å²) in [7, 11) is 0. The molecule has 1 fully saturated rings. The van der Waals surface area contributed by atoms with Crippen LogP contribution in [-0.2, 0) is 0 Å². The molecule has 1 aliphatic carbocycles. The Morgan fingerprint density at radius 1 is 1.47 bits per heavy atom. The van der Waals surface area contributed by atoms with Crippen molar-refractivity contribution in [2.24, 2.45) is 5.73 Å². The van der Waals surface area contributed by atoms with Crippen molar-refractivity contribution in [2.45, 2.75) is 18.4 Å². The van der Waals surface area contributed by atoms with Gasteiger partial charge in [-0.1, -0.05) is 11.6 Å². The molecule has 2 rings (SSSR count). The molecular weight excluding hydrogens is 240 g/mol. The van der Waals surface area contributed by atoms with E-state index < -0.39 is 5.82 Å². The Morgan fingerprint density at radius 3 is 2.67 bits per heavy atom. The van der Waals surface area contributed by atoms with Crippen LogP contribution < -0.4 is 10.5 Å². The number of hydrogen-bond donors (Lipinski definition) is 1. The van der Waals surface area contributed by atoms with E-state index in [1.54, 1.807) is 6.07 Å². The van der Waals surface area contributed by atoms with Crippen molar-refractivity contribution >= 4 is 24.0 Å². The molecule has 0 spiro atoms. The zero-order valence-corrected chi connectivity index (χ0v) is 9.58. The summed E-state index contributed by atoms with van der Waals surface area (Å²) in [5.41, 5.74) is 5.57. The molecule has 5 heteroatoms. The molecule has 1 saturated carbocycles. The minimum Gasteiger partial charge on any atom is -0.489 e. The van der Waals surface area contributed by atoms with Crippen LogP contribution in [0.3, 0.4) is 0 Å². The maximum Gasteiger partial charge on any atom is 0.166 e. The molecule has 1 aromatic rings. The van der Waals surface area contributed by atoms with E-state index in [1.807, 2.05) is 0 Å². The fraction of sp³-hybridized carbons (Fsp3) is 0.400. The van der Waals surface area contributed by atoms with E-state index in [4.69, 9.17) is 22.1 Å². The summed E-state index contributed by atoms with van der Waals surface area (Å²) in [6, 6.07) is 4.34. The van der Waals surface area contributed by atoms with Gasteiger partial charge >= 0.3 is 0 Å². The van der Waals surface area contributed by atoms with Gasteiger partial charge in [-0.2, -0.15) is 0 Å². The maximum atomic E-state index is 13.2. The Morgan fingerprint density at radius 2 is 2.13 bits per heavy atom. The number of rotatable bonds is 3. The lowest BCUT2D eigenvalue weighted by Gasteiger charge is -2.11. The Kier molecular flexibility index (Phi) is 3.82. The highest BCUT2D eigenvalue weighted by atomic mass is 35.5. The van der Waals surface area contributed by atoms with E-state index in [0.717, 1.165) is 12.8 Å². The molecule has 0 atom stereocenters. The molecule has 0 amide bonds. The van der Waals surface area contributed by atoms with E-state index in [-0.39, 0.29) is 23.7 Å².